The van der Waals surface area contributed by atoms with E-state index < -0.39 is 29.2 Å². The molecule has 9 heteroatoms. The van der Waals surface area contributed by atoms with Crippen molar-refractivity contribution in [1.82, 2.24) is 24.8 Å². The topological polar surface area (TPSA) is 88.1 Å². The molecule has 0 aliphatic carbocycles. The maximum Gasteiger partial charge on any atom is 0.276 e. The third-order valence-corrected chi connectivity index (χ3v) is 4.70. The Bertz CT molecular complexity index is 1010. The van der Waals surface area contributed by atoms with E-state index in [1.807, 2.05) is 20.8 Å². The van der Waals surface area contributed by atoms with Crippen LogP contribution in [0.25, 0.3) is 0 Å². The number of nitrogens with zero attached hydrogens (tertiary/aromatic N) is 4. The third-order valence-electron chi connectivity index (χ3n) is 4.20. The summed E-state index contributed by atoms with van der Waals surface area (Å²) in [7, 11) is 0. The average Bonchev–Trinajstić information content (AvgIpc) is 3.23. The molecule has 3 rings (SSSR count). The van der Waals surface area contributed by atoms with Gasteiger partial charge in [0.2, 0.25) is 5.91 Å². The van der Waals surface area contributed by atoms with Gasteiger partial charge in [0.25, 0.3) is 5.91 Å². The molecular weight excluding hydrogens is 405 g/mol. The van der Waals surface area contributed by atoms with Gasteiger partial charge in [0.05, 0.1) is 6.54 Å². The number of halogens is 1. The maximum absolute atomic E-state index is 14.4. The molecule has 2 amide bonds. The molecule has 0 fully saturated rings. The van der Waals surface area contributed by atoms with E-state index in [4.69, 9.17) is 0 Å². The maximum atomic E-state index is 14.4. The highest BCUT2D eigenvalue weighted by atomic mass is 32.1. The van der Waals surface area contributed by atoms with E-state index in [1.165, 1.54) is 22.5 Å². The number of amides is 2. The van der Waals surface area contributed by atoms with E-state index in [0.29, 0.717) is 5.56 Å². The van der Waals surface area contributed by atoms with Crippen LogP contribution >= 0.6 is 11.5 Å². The van der Waals surface area contributed by atoms with Crippen LogP contribution in [0.3, 0.4) is 0 Å². The van der Waals surface area contributed by atoms with Crippen molar-refractivity contribution in [3.63, 3.8) is 0 Å². The molecule has 2 heterocycles. The first-order valence-corrected chi connectivity index (χ1v) is 10.1. The minimum absolute atomic E-state index is 0.0915. The molecule has 0 saturated heterocycles. The van der Waals surface area contributed by atoms with Gasteiger partial charge in [-0.2, -0.15) is 0 Å². The van der Waals surface area contributed by atoms with Gasteiger partial charge in [-0.3, -0.25) is 14.6 Å². The number of hydrogen-bond donors (Lipinski definition) is 1. The molecular formula is C21H22FN5O2S. The molecule has 0 radical (unpaired) electrons. The van der Waals surface area contributed by atoms with Gasteiger partial charge in [-0.15, -0.1) is 5.10 Å². The second-order valence-corrected chi connectivity index (χ2v) is 8.35. The molecule has 0 spiro atoms. The second kappa shape index (κ2) is 9.08. The number of rotatable bonds is 6. The number of nitrogens with one attached hydrogen (secondary N) is 1. The number of hydrogen-bond acceptors (Lipinski definition) is 6. The fraction of sp³-hybridized carbons (Fsp3) is 0.286. The Morgan fingerprint density at radius 2 is 1.97 bits per heavy atom. The molecule has 2 aromatic heterocycles. The molecule has 0 aliphatic rings. The van der Waals surface area contributed by atoms with Gasteiger partial charge in [0.15, 0.2) is 5.69 Å². The summed E-state index contributed by atoms with van der Waals surface area (Å²) >= 11 is 1.03. The van der Waals surface area contributed by atoms with Crippen LogP contribution in [-0.2, 0) is 11.3 Å². The summed E-state index contributed by atoms with van der Waals surface area (Å²) in [6, 6.07) is 8.50. The quantitative estimate of drug-likeness (QED) is 0.652. The smallest absolute Gasteiger partial charge is 0.276 e. The first-order chi connectivity index (χ1) is 14.3. The van der Waals surface area contributed by atoms with E-state index in [-0.39, 0.29) is 17.8 Å². The van der Waals surface area contributed by atoms with Crippen LogP contribution in [0, 0.1) is 5.82 Å². The zero-order valence-electron chi connectivity index (χ0n) is 16.9. The largest absolute Gasteiger partial charge is 0.349 e. The van der Waals surface area contributed by atoms with Crippen molar-refractivity contribution in [1.29, 1.82) is 0 Å². The molecule has 30 heavy (non-hydrogen) atoms. The Balaban J connectivity index is 2.09. The van der Waals surface area contributed by atoms with Crippen LogP contribution in [-0.4, -0.2) is 36.8 Å². The highest BCUT2D eigenvalue weighted by Gasteiger charge is 2.35. The number of aromatic nitrogens is 3. The van der Waals surface area contributed by atoms with Crippen LogP contribution in [0.15, 0.2) is 54.2 Å². The van der Waals surface area contributed by atoms with Crippen molar-refractivity contribution in [3.8, 4) is 0 Å². The molecule has 1 aromatic carbocycles. The molecule has 7 nitrogen and oxygen atoms in total. The Hall–Kier alpha value is -3.20. The fourth-order valence-electron chi connectivity index (χ4n) is 2.94. The van der Waals surface area contributed by atoms with Gasteiger partial charge < -0.3 is 10.2 Å². The van der Waals surface area contributed by atoms with Gasteiger partial charge in [0, 0.05) is 34.4 Å². The lowest BCUT2D eigenvalue weighted by atomic mass is 10.0. The van der Waals surface area contributed by atoms with Crippen molar-refractivity contribution in [2.24, 2.45) is 0 Å². The number of carbonyl (C=O) groups excluding carboxylic acids is 2. The molecule has 3 aromatic rings. The predicted molar refractivity (Wildman–Crippen MR) is 111 cm³/mol. The standard InChI is InChI=1S/C21H22FN5O2S/c1-21(2,3)24-19(28)18(14-8-6-10-23-11-14)27(20(29)17-13-30-26-25-17)12-15-7-4-5-9-16(15)22/h4-11,13,18H,12H2,1-3H3,(H,24,28). The van der Waals surface area contributed by atoms with Gasteiger partial charge >= 0.3 is 0 Å². The van der Waals surface area contributed by atoms with Crippen molar-refractivity contribution >= 4 is 23.3 Å². The third kappa shape index (κ3) is 5.24. The van der Waals surface area contributed by atoms with Gasteiger partial charge in [-0.05, 0) is 44.4 Å². The molecule has 1 atom stereocenters. The summed E-state index contributed by atoms with van der Waals surface area (Å²) in [6.07, 6.45) is 3.10. The first-order valence-electron chi connectivity index (χ1n) is 9.29. The highest BCUT2D eigenvalue weighted by Crippen LogP contribution is 2.26. The monoisotopic (exact) mass is 427 g/mol. The Morgan fingerprint density at radius 1 is 1.20 bits per heavy atom. The van der Waals surface area contributed by atoms with Crippen molar-refractivity contribution < 1.29 is 14.0 Å². The van der Waals surface area contributed by atoms with Crippen molar-refractivity contribution in [2.45, 2.75) is 38.9 Å². The molecule has 1 N–H and O–H groups in total. The zero-order valence-corrected chi connectivity index (χ0v) is 17.7. The average molecular weight is 428 g/mol. The Morgan fingerprint density at radius 3 is 2.57 bits per heavy atom. The second-order valence-electron chi connectivity index (χ2n) is 7.74. The summed E-state index contributed by atoms with van der Waals surface area (Å²) in [5.41, 5.74) is 0.347. The molecule has 0 saturated carbocycles. The van der Waals surface area contributed by atoms with Gasteiger partial charge in [-0.25, -0.2) is 4.39 Å². The summed E-state index contributed by atoms with van der Waals surface area (Å²) in [5, 5.41) is 8.26. The van der Waals surface area contributed by atoms with E-state index in [0.717, 1.165) is 11.5 Å². The zero-order chi connectivity index (χ0) is 21.7. The minimum Gasteiger partial charge on any atom is -0.349 e. The number of pyridine rings is 1. The summed E-state index contributed by atoms with van der Waals surface area (Å²) in [4.78, 5) is 32.0. The summed E-state index contributed by atoms with van der Waals surface area (Å²) in [5.74, 6) is -1.39. The normalized spacial score (nSPS) is 12.3. The molecule has 1 unspecified atom stereocenters. The predicted octanol–water partition coefficient (Wildman–Crippen LogP) is 3.37. The van der Waals surface area contributed by atoms with Crippen molar-refractivity contribution in [2.75, 3.05) is 0 Å². The Kier molecular flexibility index (Phi) is 6.51. The molecule has 0 aliphatic heterocycles. The summed E-state index contributed by atoms with van der Waals surface area (Å²) in [6.45, 7) is 5.41. The Labute approximate surface area is 178 Å². The van der Waals surface area contributed by atoms with Crippen LogP contribution in [0.4, 0.5) is 4.39 Å². The fourth-order valence-corrected chi connectivity index (χ4v) is 3.37. The van der Waals surface area contributed by atoms with Crippen LogP contribution < -0.4 is 5.32 Å². The summed E-state index contributed by atoms with van der Waals surface area (Å²) < 4.78 is 18.2. The molecule has 156 valence electrons. The van der Waals surface area contributed by atoms with E-state index in [1.54, 1.807) is 36.5 Å². The SMILES string of the molecule is CC(C)(C)NC(=O)C(c1cccnc1)N(Cc1ccccc1F)C(=O)c1csnn1. The van der Waals surface area contributed by atoms with Crippen LogP contribution in [0.5, 0.6) is 0 Å². The van der Waals surface area contributed by atoms with Crippen LogP contribution in [0.1, 0.15) is 48.4 Å². The highest BCUT2D eigenvalue weighted by molar-refractivity contribution is 7.03. The number of carbonyl (C=O) groups is 2. The lowest BCUT2D eigenvalue weighted by Crippen LogP contribution is -2.49. The van der Waals surface area contributed by atoms with Crippen LogP contribution in [0.2, 0.25) is 0 Å². The lowest BCUT2D eigenvalue weighted by molar-refractivity contribution is -0.127. The van der Waals surface area contributed by atoms with Gasteiger partial charge in [0.1, 0.15) is 11.9 Å². The van der Waals surface area contributed by atoms with Gasteiger partial charge in [-0.1, -0.05) is 28.8 Å². The first kappa shape index (κ1) is 21.5. The lowest BCUT2D eigenvalue weighted by Gasteiger charge is -2.33. The number of benzene rings is 1. The van der Waals surface area contributed by atoms with E-state index in [9.17, 15) is 14.0 Å². The minimum atomic E-state index is -1.04. The van der Waals surface area contributed by atoms with E-state index >= 15 is 0 Å². The van der Waals surface area contributed by atoms with Crippen molar-refractivity contribution in [3.05, 3.63) is 76.8 Å². The van der Waals surface area contributed by atoms with E-state index in [2.05, 4.69) is 19.9 Å². The molecule has 0 bridgehead atoms.